The Morgan fingerprint density at radius 2 is 2.12 bits per heavy atom. The molecule has 1 atom stereocenters. The Morgan fingerprint density at radius 1 is 1.29 bits per heavy atom. The summed E-state index contributed by atoms with van der Waals surface area (Å²) in [4.78, 5) is 21.8. The number of hydrogen-bond donors (Lipinski definition) is 0. The topological polar surface area (TPSA) is 55.3 Å². The number of ether oxygens (including phenoxy) is 1. The summed E-state index contributed by atoms with van der Waals surface area (Å²) in [5.74, 6) is -0.0813. The highest BCUT2D eigenvalue weighted by molar-refractivity contribution is 5.94. The molecule has 1 amide bonds. The third-order valence-corrected chi connectivity index (χ3v) is 3.70. The average Bonchev–Trinajstić information content (AvgIpc) is 3.03. The number of likely N-dealkylation sites (tertiary alicyclic amines) is 1. The van der Waals surface area contributed by atoms with Gasteiger partial charge >= 0.3 is 6.18 Å². The standard InChI is InChI=1S/C16H14F3N3O2/c17-16(18,19)12-3-1-2-11(8-12)15(23)22-7-4-13(10-22)24-14-9-20-5-6-21-14/h1-3,5-6,8-9,13H,4,7,10H2/t13-/m1/s1. The number of hydrogen-bond acceptors (Lipinski definition) is 4. The van der Waals surface area contributed by atoms with E-state index < -0.39 is 17.6 Å². The zero-order chi connectivity index (χ0) is 17.2. The second kappa shape index (κ2) is 6.46. The molecule has 3 rings (SSSR count). The van der Waals surface area contributed by atoms with Crippen LogP contribution < -0.4 is 4.74 Å². The van der Waals surface area contributed by atoms with Crippen molar-refractivity contribution in [2.45, 2.75) is 18.7 Å². The van der Waals surface area contributed by atoms with Crippen LogP contribution >= 0.6 is 0 Å². The van der Waals surface area contributed by atoms with Crippen LogP contribution in [0.2, 0.25) is 0 Å². The molecule has 1 aromatic carbocycles. The molecule has 0 radical (unpaired) electrons. The SMILES string of the molecule is O=C(c1cccc(C(F)(F)F)c1)N1CC[C@@H](Oc2cnccn2)C1. The molecule has 1 aliphatic rings. The van der Waals surface area contributed by atoms with E-state index in [1.807, 2.05) is 0 Å². The number of amides is 1. The van der Waals surface area contributed by atoms with E-state index in [1.165, 1.54) is 35.6 Å². The third kappa shape index (κ3) is 3.64. The van der Waals surface area contributed by atoms with Crippen LogP contribution in [-0.2, 0) is 6.18 Å². The number of aromatic nitrogens is 2. The smallest absolute Gasteiger partial charge is 0.416 e. The molecule has 1 saturated heterocycles. The maximum Gasteiger partial charge on any atom is 0.416 e. The quantitative estimate of drug-likeness (QED) is 0.864. The lowest BCUT2D eigenvalue weighted by atomic mass is 10.1. The van der Waals surface area contributed by atoms with Crippen molar-refractivity contribution < 1.29 is 22.7 Å². The Kier molecular flexibility index (Phi) is 4.37. The van der Waals surface area contributed by atoms with Crippen molar-refractivity contribution in [2.24, 2.45) is 0 Å². The predicted octanol–water partition coefficient (Wildman–Crippen LogP) is 2.79. The summed E-state index contributed by atoms with van der Waals surface area (Å²) in [5, 5.41) is 0. The molecule has 0 aliphatic carbocycles. The van der Waals surface area contributed by atoms with Gasteiger partial charge in [-0.25, -0.2) is 4.98 Å². The first-order valence-corrected chi connectivity index (χ1v) is 7.33. The Balaban J connectivity index is 1.66. The molecule has 2 aromatic rings. The van der Waals surface area contributed by atoms with Crippen molar-refractivity contribution >= 4 is 5.91 Å². The lowest BCUT2D eigenvalue weighted by Gasteiger charge is -2.17. The van der Waals surface area contributed by atoms with Crippen molar-refractivity contribution in [1.82, 2.24) is 14.9 Å². The fourth-order valence-electron chi connectivity index (χ4n) is 2.54. The molecule has 1 aliphatic heterocycles. The second-order valence-corrected chi connectivity index (χ2v) is 5.40. The normalized spacial score (nSPS) is 17.8. The zero-order valence-electron chi connectivity index (χ0n) is 12.5. The summed E-state index contributed by atoms with van der Waals surface area (Å²) < 4.78 is 43.9. The lowest BCUT2D eigenvalue weighted by Crippen LogP contribution is -2.31. The fourth-order valence-corrected chi connectivity index (χ4v) is 2.54. The molecule has 0 saturated carbocycles. The molecule has 0 bridgehead atoms. The number of halogens is 3. The summed E-state index contributed by atoms with van der Waals surface area (Å²) in [6, 6.07) is 4.44. The summed E-state index contributed by atoms with van der Waals surface area (Å²) in [7, 11) is 0. The molecular weight excluding hydrogens is 323 g/mol. The van der Waals surface area contributed by atoms with Gasteiger partial charge in [0.05, 0.1) is 18.3 Å². The maximum absolute atomic E-state index is 12.8. The summed E-state index contributed by atoms with van der Waals surface area (Å²) >= 11 is 0. The Hall–Kier alpha value is -2.64. The van der Waals surface area contributed by atoms with Crippen molar-refractivity contribution in [3.05, 3.63) is 54.0 Å². The number of carbonyl (C=O) groups excluding carboxylic acids is 1. The number of rotatable bonds is 3. The molecule has 1 aromatic heterocycles. The van der Waals surface area contributed by atoms with Gasteiger partial charge in [0.1, 0.15) is 6.10 Å². The fraction of sp³-hybridized carbons (Fsp3) is 0.312. The van der Waals surface area contributed by atoms with Gasteiger partial charge in [0.25, 0.3) is 5.91 Å². The molecule has 126 valence electrons. The maximum atomic E-state index is 12.8. The van der Waals surface area contributed by atoms with Gasteiger partial charge < -0.3 is 9.64 Å². The predicted molar refractivity (Wildman–Crippen MR) is 78.4 cm³/mol. The van der Waals surface area contributed by atoms with Gasteiger partial charge in [-0.3, -0.25) is 9.78 Å². The number of carbonyl (C=O) groups is 1. The van der Waals surface area contributed by atoms with Crippen molar-refractivity contribution in [3.63, 3.8) is 0 Å². The van der Waals surface area contributed by atoms with Crippen molar-refractivity contribution in [2.75, 3.05) is 13.1 Å². The minimum atomic E-state index is -4.47. The van der Waals surface area contributed by atoms with E-state index in [0.29, 0.717) is 25.4 Å². The molecular formula is C16H14F3N3O2. The summed E-state index contributed by atoms with van der Waals surface area (Å²) in [6.07, 6.45) is 0.342. The van der Waals surface area contributed by atoms with Crippen LogP contribution in [0.15, 0.2) is 42.9 Å². The second-order valence-electron chi connectivity index (χ2n) is 5.40. The van der Waals surface area contributed by atoms with Crippen LogP contribution in [0.5, 0.6) is 5.88 Å². The first kappa shape index (κ1) is 16.2. The van der Waals surface area contributed by atoms with Gasteiger partial charge in [0.2, 0.25) is 5.88 Å². The van der Waals surface area contributed by atoms with Gasteiger partial charge in [0, 0.05) is 30.9 Å². The number of nitrogens with zero attached hydrogens (tertiary/aromatic N) is 3. The first-order chi connectivity index (χ1) is 11.4. The van der Waals surface area contributed by atoms with Gasteiger partial charge in [-0.15, -0.1) is 0 Å². The third-order valence-electron chi connectivity index (χ3n) is 3.70. The summed E-state index contributed by atoms with van der Waals surface area (Å²) in [5.41, 5.74) is -0.815. The van der Waals surface area contributed by atoms with Gasteiger partial charge in [-0.05, 0) is 18.2 Å². The minimum Gasteiger partial charge on any atom is -0.471 e. The van der Waals surface area contributed by atoms with Crippen LogP contribution in [0, 0.1) is 0 Å². The molecule has 24 heavy (non-hydrogen) atoms. The molecule has 1 fully saturated rings. The zero-order valence-corrected chi connectivity index (χ0v) is 12.5. The Labute approximate surface area is 136 Å². The van der Waals surface area contributed by atoms with Crippen molar-refractivity contribution in [1.29, 1.82) is 0 Å². The van der Waals surface area contributed by atoms with E-state index in [0.717, 1.165) is 12.1 Å². The molecule has 0 N–H and O–H groups in total. The molecule has 0 unspecified atom stereocenters. The highest BCUT2D eigenvalue weighted by Gasteiger charge is 2.33. The highest BCUT2D eigenvalue weighted by atomic mass is 19.4. The van der Waals surface area contributed by atoms with Crippen LogP contribution in [-0.4, -0.2) is 40.0 Å². The van der Waals surface area contributed by atoms with E-state index in [1.54, 1.807) is 0 Å². The molecule has 0 spiro atoms. The van der Waals surface area contributed by atoms with Crippen LogP contribution in [0.25, 0.3) is 0 Å². The van der Waals surface area contributed by atoms with Gasteiger partial charge in [-0.1, -0.05) is 6.07 Å². The minimum absolute atomic E-state index is 0.0185. The largest absolute Gasteiger partial charge is 0.471 e. The van der Waals surface area contributed by atoms with Crippen LogP contribution in [0.3, 0.4) is 0 Å². The van der Waals surface area contributed by atoms with E-state index in [2.05, 4.69) is 9.97 Å². The summed E-state index contributed by atoms with van der Waals surface area (Å²) in [6.45, 7) is 0.714. The van der Waals surface area contributed by atoms with Gasteiger partial charge in [0.15, 0.2) is 0 Å². The Bertz CT molecular complexity index is 722. The van der Waals surface area contributed by atoms with Gasteiger partial charge in [-0.2, -0.15) is 13.2 Å². The van der Waals surface area contributed by atoms with E-state index in [-0.39, 0.29) is 11.7 Å². The average molecular weight is 337 g/mol. The molecule has 5 nitrogen and oxygen atoms in total. The highest BCUT2D eigenvalue weighted by Crippen LogP contribution is 2.30. The first-order valence-electron chi connectivity index (χ1n) is 7.33. The van der Waals surface area contributed by atoms with E-state index in [9.17, 15) is 18.0 Å². The van der Waals surface area contributed by atoms with Crippen molar-refractivity contribution in [3.8, 4) is 5.88 Å². The van der Waals surface area contributed by atoms with Crippen LogP contribution in [0.1, 0.15) is 22.3 Å². The van der Waals surface area contributed by atoms with E-state index >= 15 is 0 Å². The molecule has 8 heteroatoms. The Morgan fingerprint density at radius 3 is 2.83 bits per heavy atom. The van der Waals surface area contributed by atoms with E-state index in [4.69, 9.17) is 4.74 Å². The number of alkyl halides is 3. The molecule has 2 heterocycles. The lowest BCUT2D eigenvalue weighted by molar-refractivity contribution is -0.137. The number of benzene rings is 1. The van der Waals surface area contributed by atoms with Crippen LogP contribution in [0.4, 0.5) is 13.2 Å². The monoisotopic (exact) mass is 337 g/mol.